The monoisotopic (exact) mass is 361 g/mol. The fourth-order valence-electron chi connectivity index (χ4n) is 1.96. The van der Waals surface area contributed by atoms with Crippen molar-refractivity contribution in [3.8, 4) is 0 Å². The minimum atomic E-state index is -4.04. The SMILES string of the molecule is NC(N)=NS(=O)(=O)c1ccc(NC(=O)c2ccccc2C(=O)[O-])cc1. The third-order valence-electron chi connectivity index (χ3n) is 3.03. The van der Waals surface area contributed by atoms with E-state index in [1.54, 1.807) is 0 Å². The average molecular weight is 361 g/mol. The highest BCUT2D eigenvalue weighted by molar-refractivity contribution is 7.90. The van der Waals surface area contributed by atoms with E-state index in [4.69, 9.17) is 11.5 Å². The van der Waals surface area contributed by atoms with E-state index in [1.807, 2.05) is 0 Å². The van der Waals surface area contributed by atoms with Gasteiger partial charge in [-0.1, -0.05) is 18.2 Å². The second-order valence-corrected chi connectivity index (χ2v) is 6.41. The van der Waals surface area contributed by atoms with E-state index in [2.05, 4.69) is 9.71 Å². The zero-order valence-corrected chi connectivity index (χ0v) is 13.5. The van der Waals surface area contributed by atoms with Crippen LogP contribution in [0.25, 0.3) is 0 Å². The second kappa shape index (κ2) is 7.01. The Morgan fingerprint density at radius 3 is 2.04 bits per heavy atom. The van der Waals surface area contributed by atoms with Gasteiger partial charge in [0.2, 0.25) is 5.96 Å². The lowest BCUT2D eigenvalue weighted by Gasteiger charge is -2.11. The van der Waals surface area contributed by atoms with Gasteiger partial charge in [-0.05, 0) is 30.3 Å². The van der Waals surface area contributed by atoms with Crippen LogP contribution in [-0.2, 0) is 10.0 Å². The summed E-state index contributed by atoms with van der Waals surface area (Å²) in [5.41, 5.74) is 10.0. The topological polar surface area (TPSA) is 168 Å². The predicted molar refractivity (Wildman–Crippen MR) is 88.2 cm³/mol. The van der Waals surface area contributed by atoms with Crippen LogP contribution >= 0.6 is 0 Å². The molecular formula is C15H13N4O5S-. The van der Waals surface area contributed by atoms with E-state index in [9.17, 15) is 23.1 Å². The first-order chi connectivity index (χ1) is 11.7. The molecule has 9 nitrogen and oxygen atoms in total. The lowest BCUT2D eigenvalue weighted by molar-refractivity contribution is -0.255. The highest BCUT2D eigenvalue weighted by Crippen LogP contribution is 2.17. The van der Waals surface area contributed by atoms with E-state index in [0.29, 0.717) is 0 Å². The second-order valence-electron chi connectivity index (χ2n) is 4.80. The standard InChI is InChI=1S/C15H14N4O5S/c16-15(17)19-25(23,24)10-7-5-9(6-8-10)18-13(20)11-3-1-2-4-12(11)14(21)22/h1-8H,(H,18,20)(H,21,22)(H4,16,17,19)/p-1. The summed E-state index contributed by atoms with van der Waals surface area (Å²) in [5.74, 6) is -2.76. The molecule has 5 N–H and O–H groups in total. The largest absolute Gasteiger partial charge is 0.545 e. The quantitative estimate of drug-likeness (QED) is 0.465. The normalized spacial score (nSPS) is 10.7. The number of amides is 1. The highest BCUT2D eigenvalue weighted by Gasteiger charge is 2.15. The van der Waals surface area contributed by atoms with Crippen molar-refractivity contribution < 1.29 is 23.1 Å². The molecule has 0 saturated carbocycles. The molecule has 0 bridgehead atoms. The van der Waals surface area contributed by atoms with Gasteiger partial charge >= 0.3 is 0 Å². The number of sulfonamides is 1. The molecule has 0 saturated heterocycles. The highest BCUT2D eigenvalue weighted by atomic mass is 32.2. The Morgan fingerprint density at radius 1 is 0.960 bits per heavy atom. The summed E-state index contributed by atoms with van der Waals surface area (Å²) in [6.45, 7) is 0. The number of nitrogens with two attached hydrogens (primary N) is 2. The molecule has 0 aliphatic heterocycles. The van der Waals surface area contributed by atoms with Gasteiger partial charge in [-0.2, -0.15) is 8.42 Å². The molecule has 0 aromatic heterocycles. The lowest BCUT2D eigenvalue weighted by atomic mass is 10.1. The third kappa shape index (κ3) is 4.32. The van der Waals surface area contributed by atoms with Crippen molar-refractivity contribution in [1.29, 1.82) is 0 Å². The number of hydrogen-bond acceptors (Lipinski definition) is 5. The van der Waals surface area contributed by atoms with Gasteiger partial charge in [-0.15, -0.1) is 4.40 Å². The van der Waals surface area contributed by atoms with E-state index < -0.39 is 27.9 Å². The molecule has 10 heteroatoms. The van der Waals surface area contributed by atoms with Crippen LogP contribution in [-0.4, -0.2) is 26.3 Å². The van der Waals surface area contributed by atoms with Gasteiger partial charge in [0.25, 0.3) is 15.9 Å². The van der Waals surface area contributed by atoms with Crippen LogP contribution in [0.4, 0.5) is 5.69 Å². The average Bonchev–Trinajstić information content (AvgIpc) is 2.54. The maximum atomic E-state index is 12.2. The molecule has 0 spiro atoms. The van der Waals surface area contributed by atoms with E-state index >= 15 is 0 Å². The molecule has 0 radical (unpaired) electrons. The minimum Gasteiger partial charge on any atom is -0.545 e. The number of nitrogens with zero attached hydrogens (tertiary/aromatic N) is 1. The van der Waals surface area contributed by atoms with Crippen LogP contribution < -0.4 is 21.9 Å². The zero-order valence-electron chi connectivity index (χ0n) is 12.7. The Labute approximate surface area is 143 Å². The molecule has 0 aliphatic rings. The number of nitrogens with one attached hydrogen (secondary N) is 1. The van der Waals surface area contributed by atoms with Crippen molar-refractivity contribution >= 4 is 33.5 Å². The van der Waals surface area contributed by atoms with Crippen molar-refractivity contribution in [3.05, 3.63) is 59.7 Å². The number of rotatable bonds is 5. The maximum absolute atomic E-state index is 12.2. The number of anilines is 1. The Kier molecular flexibility index (Phi) is 5.03. The summed E-state index contributed by atoms with van der Waals surface area (Å²) in [6, 6.07) is 10.6. The van der Waals surface area contributed by atoms with Crippen molar-refractivity contribution in [3.63, 3.8) is 0 Å². The molecule has 2 rings (SSSR count). The van der Waals surface area contributed by atoms with Gasteiger partial charge in [-0.3, -0.25) is 4.79 Å². The molecule has 0 fully saturated rings. The van der Waals surface area contributed by atoms with Crippen molar-refractivity contribution in [2.75, 3.05) is 5.32 Å². The van der Waals surface area contributed by atoms with E-state index in [1.165, 1.54) is 48.5 Å². The summed E-state index contributed by atoms with van der Waals surface area (Å²) >= 11 is 0. The van der Waals surface area contributed by atoms with Gasteiger partial charge in [-0.25, -0.2) is 0 Å². The van der Waals surface area contributed by atoms with Crippen LogP contribution in [0.1, 0.15) is 20.7 Å². The molecule has 2 aromatic carbocycles. The summed E-state index contributed by atoms with van der Waals surface area (Å²) in [6.07, 6.45) is 0. The van der Waals surface area contributed by atoms with Crippen LogP contribution in [0.5, 0.6) is 0 Å². The van der Waals surface area contributed by atoms with Crippen LogP contribution in [0.15, 0.2) is 57.8 Å². The number of aromatic carboxylic acids is 1. The Hall–Kier alpha value is -3.40. The first kappa shape index (κ1) is 17.9. The van der Waals surface area contributed by atoms with Crippen LogP contribution in [0.3, 0.4) is 0 Å². The maximum Gasteiger partial charge on any atom is 0.285 e. The molecular weight excluding hydrogens is 348 g/mol. The van der Waals surface area contributed by atoms with Gasteiger partial charge in [0, 0.05) is 16.8 Å². The van der Waals surface area contributed by atoms with Gasteiger partial charge < -0.3 is 26.7 Å². The molecule has 2 aromatic rings. The summed E-state index contributed by atoms with van der Waals surface area (Å²) in [4.78, 5) is 23.1. The molecule has 0 aliphatic carbocycles. The van der Waals surface area contributed by atoms with Crippen molar-refractivity contribution in [1.82, 2.24) is 0 Å². The predicted octanol–water partition coefficient (Wildman–Crippen LogP) is -0.736. The van der Waals surface area contributed by atoms with Crippen molar-refractivity contribution in [2.45, 2.75) is 4.90 Å². The zero-order chi connectivity index (χ0) is 18.6. The molecule has 1 amide bonds. The number of benzene rings is 2. The molecule has 0 unspecified atom stereocenters. The van der Waals surface area contributed by atoms with E-state index in [-0.39, 0.29) is 21.7 Å². The number of carbonyl (C=O) groups is 2. The molecule has 25 heavy (non-hydrogen) atoms. The summed E-state index contributed by atoms with van der Waals surface area (Å²) in [7, 11) is -4.04. The smallest absolute Gasteiger partial charge is 0.285 e. The number of hydrogen-bond donors (Lipinski definition) is 3. The number of guanidine groups is 1. The first-order valence-electron chi connectivity index (χ1n) is 6.78. The Morgan fingerprint density at radius 2 is 1.52 bits per heavy atom. The Balaban J connectivity index is 2.24. The molecule has 0 atom stereocenters. The molecule has 130 valence electrons. The summed E-state index contributed by atoms with van der Waals surface area (Å²) in [5, 5.41) is 13.5. The fourth-order valence-corrected chi connectivity index (χ4v) is 2.82. The molecule has 0 heterocycles. The van der Waals surface area contributed by atoms with Crippen LogP contribution in [0.2, 0.25) is 0 Å². The van der Waals surface area contributed by atoms with E-state index in [0.717, 1.165) is 0 Å². The Bertz CT molecular complexity index is 948. The first-order valence-corrected chi connectivity index (χ1v) is 8.22. The van der Waals surface area contributed by atoms with Crippen molar-refractivity contribution in [2.24, 2.45) is 15.9 Å². The fraction of sp³-hybridized carbons (Fsp3) is 0. The lowest BCUT2D eigenvalue weighted by Crippen LogP contribution is -2.26. The number of carboxylic acids is 1. The third-order valence-corrected chi connectivity index (χ3v) is 4.35. The number of carbonyl (C=O) groups excluding carboxylic acids is 2. The van der Waals surface area contributed by atoms with Gasteiger partial charge in [0.15, 0.2) is 0 Å². The van der Waals surface area contributed by atoms with Crippen LogP contribution in [0, 0.1) is 0 Å². The minimum absolute atomic E-state index is 0.0836. The van der Waals surface area contributed by atoms with Gasteiger partial charge in [0.1, 0.15) is 0 Å². The summed E-state index contributed by atoms with van der Waals surface area (Å²) < 4.78 is 26.8. The number of carboxylic acid groups (broad SMARTS) is 1. The van der Waals surface area contributed by atoms with Gasteiger partial charge in [0.05, 0.1) is 10.9 Å².